The minimum Gasteiger partial charge on any atom is -0.486 e. The zero-order valence-corrected chi connectivity index (χ0v) is 10.9. The molecular weight excluding hydrogens is 224 g/mol. The fourth-order valence-electron chi connectivity index (χ4n) is 2.91. The van der Waals surface area contributed by atoms with Gasteiger partial charge in [0.05, 0.1) is 25.2 Å². The van der Waals surface area contributed by atoms with Gasteiger partial charge < -0.3 is 9.47 Å². The first-order valence-corrected chi connectivity index (χ1v) is 7.14. The summed E-state index contributed by atoms with van der Waals surface area (Å²) in [6, 6.07) is 6.37. The van der Waals surface area contributed by atoms with Gasteiger partial charge in [-0.05, 0) is 43.4 Å². The van der Waals surface area contributed by atoms with Crippen molar-refractivity contribution in [3.63, 3.8) is 0 Å². The van der Waals surface area contributed by atoms with E-state index in [2.05, 4.69) is 12.1 Å². The Bertz CT molecular complexity index is 394. The maximum atomic E-state index is 5.61. The summed E-state index contributed by atoms with van der Waals surface area (Å²) in [5.74, 6) is 3.61. The third-order valence-corrected chi connectivity index (χ3v) is 3.91. The molecule has 0 unspecified atom stereocenters. The van der Waals surface area contributed by atoms with Crippen molar-refractivity contribution in [2.75, 3.05) is 13.2 Å². The molecular formula is C16H21O2+. The molecule has 0 radical (unpaired) electrons. The summed E-state index contributed by atoms with van der Waals surface area (Å²) < 4.78 is 11.1. The third-order valence-electron chi connectivity index (χ3n) is 3.91. The van der Waals surface area contributed by atoms with Gasteiger partial charge in [-0.25, -0.2) is 0 Å². The van der Waals surface area contributed by atoms with Crippen LogP contribution in [0.2, 0.25) is 0 Å². The first-order chi connectivity index (χ1) is 8.92. The Kier molecular flexibility index (Phi) is 3.63. The fraction of sp³-hybridized carbons (Fsp3) is 0.562. The molecule has 2 heteroatoms. The number of hydrogen-bond acceptors (Lipinski definition) is 2. The van der Waals surface area contributed by atoms with Gasteiger partial charge in [-0.2, -0.15) is 0 Å². The van der Waals surface area contributed by atoms with Crippen LogP contribution < -0.4 is 9.47 Å². The highest BCUT2D eigenvalue weighted by molar-refractivity contribution is 5.43. The van der Waals surface area contributed by atoms with Gasteiger partial charge in [-0.3, -0.25) is 0 Å². The van der Waals surface area contributed by atoms with Crippen LogP contribution in [0, 0.1) is 5.92 Å². The van der Waals surface area contributed by atoms with E-state index >= 15 is 0 Å². The summed E-state index contributed by atoms with van der Waals surface area (Å²) in [4.78, 5) is 0. The van der Waals surface area contributed by atoms with E-state index in [4.69, 9.17) is 9.47 Å². The molecule has 0 saturated heterocycles. The van der Waals surface area contributed by atoms with Gasteiger partial charge in [0.25, 0.3) is 0 Å². The second-order valence-electron chi connectivity index (χ2n) is 5.29. The Labute approximate surface area is 109 Å². The number of ether oxygens (including phenoxy) is 2. The van der Waals surface area contributed by atoms with Crippen molar-refractivity contribution < 1.29 is 9.47 Å². The molecule has 1 aliphatic carbocycles. The number of benzene rings is 1. The van der Waals surface area contributed by atoms with Crippen LogP contribution in [0.15, 0.2) is 18.2 Å². The lowest BCUT2D eigenvalue weighted by molar-refractivity contribution is 0.171. The third kappa shape index (κ3) is 2.74. The zero-order valence-electron chi connectivity index (χ0n) is 10.9. The summed E-state index contributed by atoms with van der Waals surface area (Å²) in [5.41, 5.74) is 1.37. The largest absolute Gasteiger partial charge is 0.486 e. The van der Waals surface area contributed by atoms with Crippen LogP contribution in [0.5, 0.6) is 11.5 Å². The molecule has 96 valence electrons. The molecule has 0 N–H and O–H groups in total. The van der Waals surface area contributed by atoms with E-state index in [1.807, 2.05) is 6.07 Å². The molecule has 3 rings (SSSR count). The highest BCUT2D eigenvalue weighted by Crippen LogP contribution is 2.33. The maximum absolute atomic E-state index is 5.61. The van der Waals surface area contributed by atoms with E-state index in [-0.39, 0.29) is 0 Å². The van der Waals surface area contributed by atoms with Crippen LogP contribution >= 0.6 is 0 Å². The van der Waals surface area contributed by atoms with Crippen molar-refractivity contribution in [3.8, 4) is 11.5 Å². The molecule has 2 aliphatic rings. The van der Waals surface area contributed by atoms with E-state index in [0.717, 1.165) is 17.9 Å². The van der Waals surface area contributed by atoms with Gasteiger partial charge in [0, 0.05) is 0 Å². The SMILES string of the molecule is c1cc2c(cc1CCC[C+]1CCCC1)OCCO2. The molecule has 1 heterocycles. The Morgan fingerprint density at radius 3 is 2.61 bits per heavy atom. The molecule has 0 spiro atoms. The molecule has 1 aliphatic heterocycles. The van der Waals surface area contributed by atoms with Gasteiger partial charge in [0.1, 0.15) is 13.2 Å². The van der Waals surface area contributed by atoms with Crippen molar-refractivity contribution in [2.24, 2.45) is 0 Å². The highest BCUT2D eigenvalue weighted by Gasteiger charge is 2.24. The van der Waals surface area contributed by atoms with Crippen molar-refractivity contribution in [3.05, 3.63) is 29.7 Å². The lowest BCUT2D eigenvalue weighted by Gasteiger charge is -2.18. The lowest BCUT2D eigenvalue weighted by atomic mass is 9.98. The number of hydrogen-bond donors (Lipinski definition) is 0. The average Bonchev–Trinajstić information content (AvgIpc) is 2.92. The quantitative estimate of drug-likeness (QED) is 0.748. The summed E-state index contributed by atoms with van der Waals surface area (Å²) in [6.07, 6.45) is 9.32. The van der Waals surface area contributed by atoms with E-state index < -0.39 is 0 Å². The Morgan fingerprint density at radius 1 is 1.00 bits per heavy atom. The number of rotatable bonds is 4. The first-order valence-electron chi connectivity index (χ1n) is 7.14. The Morgan fingerprint density at radius 2 is 1.78 bits per heavy atom. The van der Waals surface area contributed by atoms with Crippen LogP contribution in [-0.2, 0) is 6.42 Å². The van der Waals surface area contributed by atoms with Gasteiger partial charge in [-0.1, -0.05) is 6.07 Å². The minimum absolute atomic E-state index is 0.671. The van der Waals surface area contributed by atoms with Crippen molar-refractivity contribution >= 4 is 0 Å². The molecule has 1 fully saturated rings. The monoisotopic (exact) mass is 245 g/mol. The van der Waals surface area contributed by atoms with Gasteiger partial charge in [0.15, 0.2) is 11.5 Å². The molecule has 0 aromatic heterocycles. The smallest absolute Gasteiger partial charge is 0.161 e. The zero-order chi connectivity index (χ0) is 12.2. The molecule has 0 bridgehead atoms. The van der Waals surface area contributed by atoms with Crippen LogP contribution in [-0.4, -0.2) is 13.2 Å². The van der Waals surface area contributed by atoms with E-state index in [9.17, 15) is 0 Å². The molecule has 0 atom stereocenters. The molecule has 18 heavy (non-hydrogen) atoms. The second-order valence-corrected chi connectivity index (χ2v) is 5.29. The lowest BCUT2D eigenvalue weighted by Crippen LogP contribution is -2.15. The average molecular weight is 245 g/mol. The van der Waals surface area contributed by atoms with Gasteiger partial charge >= 0.3 is 0 Å². The van der Waals surface area contributed by atoms with Crippen molar-refractivity contribution in [1.29, 1.82) is 0 Å². The number of aryl methyl sites for hydroxylation is 1. The van der Waals surface area contributed by atoms with E-state index in [1.165, 1.54) is 44.1 Å². The first kappa shape index (κ1) is 11.8. The van der Waals surface area contributed by atoms with Crippen LogP contribution in [0.4, 0.5) is 0 Å². The topological polar surface area (TPSA) is 18.5 Å². The predicted octanol–water partition coefficient (Wildman–Crippen LogP) is 3.93. The highest BCUT2D eigenvalue weighted by atomic mass is 16.6. The van der Waals surface area contributed by atoms with Crippen LogP contribution in [0.1, 0.15) is 44.1 Å². The Hall–Kier alpha value is -1.31. The Balaban J connectivity index is 1.52. The van der Waals surface area contributed by atoms with Crippen LogP contribution in [0.25, 0.3) is 0 Å². The standard InChI is InChI=1S/C16H21O2/c1-2-5-13(4-1)6-3-7-14-8-9-15-16(12-14)18-11-10-17-15/h8-9,12H,1-7,10-11H2/q+1. The maximum Gasteiger partial charge on any atom is 0.161 e. The molecule has 1 aromatic rings. The molecule has 1 aromatic carbocycles. The van der Waals surface area contributed by atoms with E-state index in [0.29, 0.717) is 13.2 Å². The summed E-state index contributed by atoms with van der Waals surface area (Å²) in [5, 5.41) is 0. The second kappa shape index (κ2) is 5.55. The normalized spacial score (nSPS) is 18.1. The van der Waals surface area contributed by atoms with Crippen molar-refractivity contribution in [1.82, 2.24) is 0 Å². The van der Waals surface area contributed by atoms with Crippen molar-refractivity contribution in [2.45, 2.75) is 44.9 Å². The summed E-state index contributed by atoms with van der Waals surface area (Å²) in [6.45, 7) is 1.35. The summed E-state index contributed by atoms with van der Waals surface area (Å²) in [7, 11) is 0. The van der Waals surface area contributed by atoms with Crippen LogP contribution in [0.3, 0.4) is 0 Å². The predicted molar refractivity (Wildman–Crippen MR) is 72.1 cm³/mol. The van der Waals surface area contributed by atoms with Gasteiger partial charge in [-0.15, -0.1) is 0 Å². The molecule has 2 nitrogen and oxygen atoms in total. The molecule has 0 amide bonds. The van der Waals surface area contributed by atoms with Gasteiger partial charge in [0.2, 0.25) is 0 Å². The van der Waals surface area contributed by atoms with E-state index in [1.54, 1.807) is 5.92 Å². The fourth-order valence-corrected chi connectivity index (χ4v) is 2.91. The minimum atomic E-state index is 0.671. The summed E-state index contributed by atoms with van der Waals surface area (Å²) >= 11 is 0. The number of fused-ring (bicyclic) bond motifs is 1. The molecule has 1 saturated carbocycles.